The summed E-state index contributed by atoms with van der Waals surface area (Å²) in [5.74, 6) is 0.875. The first-order valence-corrected chi connectivity index (χ1v) is 6.96. The Kier molecular flexibility index (Phi) is 7.21. The molecule has 0 saturated carbocycles. The van der Waals surface area contributed by atoms with Crippen LogP contribution in [0.4, 0.5) is 0 Å². The summed E-state index contributed by atoms with van der Waals surface area (Å²) in [5, 5.41) is 6.36. The molecule has 1 saturated heterocycles. The molecular weight excluding hydrogens is 214 g/mol. The maximum absolute atomic E-state index is 11.6. The number of nitrogens with one attached hydrogen (secondary N) is 2. The Labute approximate surface area is 105 Å². The lowest BCUT2D eigenvalue weighted by atomic mass is 9.99. The van der Waals surface area contributed by atoms with Crippen molar-refractivity contribution >= 4 is 5.91 Å². The summed E-state index contributed by atoms with van der Waals surface area (Å²) < 4.78 is 0. The van der Waals surface area contributed by atoms with Crippen molar-refractivity contribution in [2.24, 2.45) is 5.92 Å². The SMILES string of the molecule is CCCNC(=O)CN(CC)CC1CCCNC1. The molecule has 0 aromatic rings. The summed E-state index contributed by atoms with van der Waals surface area (Å²) >= 11 is 0. The van der Waals surface area contributed by atoms with E-state index in [1.807, 2.05) is 0 Å². The van der Waals surface area contributed by atoms with Crippen LogP contribution in [0.3, 0.4) is 0 Å². The van der Waals surface area contributed by atoms with E-state index >= 15 is 0 Å². The average Bonchev–Trinajstić information content (AvgIpc) is 2.36. The van der Waals surface area contributed by atoms with Gasteiger partial charge in [-0.1, -0.05) is 13.8 Å². The second-order valence-electron chi connectivity index (χ2n) is 4.89. The van der Waals surface area contributed by atoms with Crippen LogP contribution in [-0.2, 0) is 4.79 Å². The highest BCUT2D eigenvalue weighted by Gasteiger charge is 2.17. The summed E-state index contributed by atoms with van der Waals surface area (Å²) in [6.45, 7) is 9.80. The van der Waals surface area contributed by atoms with E-state index in [4.69, 9.17) is 0 Å². The first-order chi connectivity index (χ1) is 8.26. The van der Waals surface area contributed by atoms with Gasteiger partial charge in [0.1, 0.15) is 0 Å². The van der Waals surface area contributed by atoms with Gasteiger partial charge < -0.3 is 10.6 Å². The molecule has 4 nitrogen and oxygen atoms in total. The fourth-order valence-corrected chi connectivity index (χ4v) is 2.27. The minimum atomic E-state index is 0.164. The summed E-state index contributed by atoms with van der Waals surface area (Å²) in [6, 6.07) is 0. The van der Waals surface area contributed by atoms with Crippen molar-refractivity contribution in [2.45, 2.75) is 33.1 Å². The smallest absolute Gasteiger partial charge is 0.234 e. The van der Waals surface area contributed by atoms with Gasteiger partial charge >= 0.3 is 0 Å². The van der Waals surface area contributed by atoms with E-state index in [0.29, 0.717) is 12.5 Å². The Morgan fingerprint density at radius 3 is 2.88 bits per heavy atom. The number of likely N-dealkylation sites (N-methyl/N-ethyl adjacent to an activating group) is 1. The minimum absolute atomic E-state index is 0.164. The van der Waals surface area contributed by atoms with E-state index in [1.165, 1.54) is 12.8 Å². The summed E-state index contributed by atoms with van der Waals surface area (Å²) in [4.78, 5) is 13.9. The van der Waals surface area contributed by atoms with Gasteiger partial charge in [-0.15, -0.1) is 0 Å². The van der Waals surface area contributed by atoms with Crippen molar-refractivity contribution in [1.29, 1.82) is 0 Å². The van der Waals surface area contributed by atoms with Crippen LogP contribution in [0.1, 0.15) is 33.1 Å². The van der Waals surface area contributed by atoms with Gasteiger partial charge in [0, 0.05) is 13.1 Å². The second kappa shape index (κ2) is 8.48. The molecule has 0 aromatic carbocycles. The zero-order chi connectivity index (χ0) is 12.5. The molecule has 0 bridgehead atoms. The highest BCUT2D eigenvalue weighted by atomic mass is 16.2. The number of hydrogen-bond acceptors (Lipinski definition) is 3. The lowest BCUT2D eigenvalue weighted by molar-refractivity contribution is -0.122. The zero-order valence-electron chi connectivity index (χ0n) is 11.3. The molecule has 1 aliphatic rings. The monoisotopic (exact) mass is 241 g/mol. The first kappa shape index (κ1) is 14.5. The van der Waals surface area contributed by atoms with Gasteiger partial charge in [-0.3, -0.25) is 9.69 Å². The predicted molar refractivity (Wildman–Crippen MR) is 71.0 cm³/mol. The average molecular weight is 241 g/mol. The van der Waals surface area contributed by atoms with Crippen LogP contribution in [0, 0.1) is 5.92 Å². The highest BCUT2D eigenvalue weighted by Crippen LogP contribution is 2.11. The molecule has 0 aliphatic carbocycles. The fraction of sp³-hybridized carbons (Fsp3) is 0.923. The van der Waals surface area contributed by atoms with Gasteiger partial charge in [0.05, 0.1) is 6.54 Å². The van der Waals surface area contributed by atoms with E-state index in [9.17, 15) is 4.79 Å². The minimum Gasteiger partial charge on any atom is -0.355 e. The Balaban J connectivity index is 2.24. The zero-order valence-corrected chi connectivity index (χ0v) is 11.3. The normalized spacial score (nSPS) is 20.5. The number of piperidine rings is 1. The maximum Gasteiger partial charge on any atom is 0.234 e. The molecule has 1 unspecified atom stereocenters. The number of hydrogen-bond donors (Lipinski definition) is 2. The number of carbonyl (C=O) groups is 1. The van der Waals surface area contributed by atoms with Crippen LogP contribution >= 0.6 is 0 Å². The van der Waals surface area contributed by atoms with Crippen LogP contribution in [0.2, 0.25) is 0 Å². The first-order valence-electron chi connectivity index (χ1n) is 6.96. The van der Waals surface area contributed by atoms with E-state index in [1.54, 1.807) is 0 Å². The standard InChI is InChI=1S/C13H27N3O/c1-3-7-15-13(17)11-16(4-2)10-12-6-5-8-14-9-12/h12,14H,3-11H2,1-2H3,(H,15,17). The quantitative estimate of drug-likeness (QED) is 0.694. The number of nitrogens with zero attached hydrogens (tertiary/aromatic N) is 1. The van der Waals surface area contributed by atoms with Gasteiger partial charge in [-0.05, 0) is 44.8 Å². The molecule has 1 atom stereocenters. The molecule has 1 fully saturated rings. The van der Waals surface area contributed by atoms with E-state index < -0.39 is 0 Å². The molecule has 1 heterocycles. The Morgan fingerprint density at radius 2 is 2.29 bits per heavy atom. The number of carbonyl (C=O) groups excluding carboxylic acids is 1. The van der Waals surface area contributed by atoms with Crippen molar-refractivity contribution in [3.05, 3.63) is 0 Å². The van der Waals surface area contributed by atoms with Gasteiger partial charge in [0.15, 0.2) is 0 Å². The van der Waals surface area contributed by atoms with Crippen LogP contribution in [-0.4, -0.2) is 50.1 Å². The third-order valence-corrected chi connectivity index (χ3v) is 3.30. The van der Waals surface area contributed by atoms with Crippen LogP contribution in [0.25, 0.3) is 0 Å². The summed E-state index contributed by atoms with van der Waals surface area (Å²) in [7, 11) is 0. The Morgan fingerprint density at radius 1 is 1.47 bits per heavy atom. The highest BCUT2D eigenvalue weighted by molar-refractivity contribution is 5.77. The van der Waals surface area contributed by atoms with E-state index in [-0.39, 0.29) is 5.91 Å². The molecule has 17 heavy (non-hydrogen) atoms. The van der Waals surface area contributed by atoms with Gasteiger partial charge in [-0.25, -0.2) is 0 Å². The molecule has 1 amide bonds. The van der Waals surface area contributed by atoms with Crippen molar-refractivity contribution < 1.29 is 4.79 Å². The van der Waals surface area contributed by atoms with Crippen LogP contribution < -0.4 is 10.6 Å². The molecule has 1 aliphatic heterocycles. The second-order valence-corrected chi connectivity index (χ2v) is 4.89. The maximum atomic E-state index is 11.6. The third-order valence-electron chi connectivity index (χ3n) is 3.30. The molecule has 4 heteroatoms. The topological polar surface area (TPSA) is 44.4 Å². The molecule has 0 radical (unpaired) electrons. The molecule has 0 spiro atoms. The van der Waals surface area contributed by atoms with Crippen LogP contribution in [0.5, 0.6) is 0 Å². The summed E-state index contributed by atoms with van der Waals surface area (Å²) in [5.41, 5.74) is 0. The van der Waals surface area contributed by atoms with Crippen molar-refractivity contribution in [3.63, 3.8) is 0 Å². The molecular formula is C13H27N3O. The van der Waals surface area contributed by atoms with Gasteiger partial charge in [0.25, 0.3) is 0 Å². The third kappa shape index (κ3) is 6.03. The predicted octanol–water partition coefficient (Wildman–Crippen LogP) is 0.834. The molecule has 2 N–H and O–H groups in total. The lowest BCUT2D eigenvalue weighted by Gasteiger charge is -2.29. The van der Waals surface area contributed by atoms with Gasteiger partial charge in [0.2, 0.25) is 5.91 Å². The van der Waals surface area contributed by atoms with Crippen molar-refractivity contribution in [2.75, 3.05) is 39.3 Å². The lowest BCUT2D eigenvalue weighted by Crippen LogP contribution is -2.42. The number of amides is 1. The molecule has 100 valence electrons. The molecule has 1 rings (SSSR count). The van der Waals surface area contributed by atoms with Gasteiger partial charge in [-0.2, -0.15) is 0 Å². The number of rotatable bonds is 7. The van der Waals surface area contributed by atoms with E-state index in [2.05, 4.69) is 29.4 Å². The largest absolute Gasteiger partial charge is 0.355 e. The Hall–Kier alpha value is -0.610. The van der Waals surface area contributed by atoms with E-state index in [0.717, 1.165) is 39.1 Å². The Bertz CT molecular complexity index is 215. The summed E-state index contributed by atoms with van der Waals surface area (Å²) in [6.07, 6.45) is 3.56. The fourth-order valence-electron chi connectivity index (χ4n) is 2.27. The van der Waals surface area contributed by atoms with Crippen molar-refractivity contribution in [3.8, 4) is 0 Å². The van der Waals surface area contributed by atoms with Crippen molar-refractivity contribution in [1.82, 2.24) is 15.5 Å². The molecule has 0 aromatic heterocycles. The van der Waals surface area contributed by atoms with Crippen LogP contribution in [0.15, 0.2) is 0 Å².